The van der Waals surface area contributed by atoms with Crippen LogP contribution in [0.15, 0.2) is 0 Å². The van der Waals surface area contributed by atoms with Crippen LogP contribution >= 0.6 is 0 Å². The van der Waals surface area contributed by atoms with Crippen LogP contribution in [-0.2, 0) is 14.6 Å². The molecule has 18 heavy (non-hydrogen) atoms. The molecule has 2 atom stereocenters. The van der Waals surface area contributed by atoms with Crippen LogP contribution < -0.4 is 0 Å². The Hall–Kier alpha value is -0.660. The number of sulfone groups is 1. The number of rotatable bonds is 4. The lowest BCUT2D eigenvalue weighted by Gasteiger charge is -2.23. The first kappa shape index (κ1) is 15.4. The molecule has 1 aliphatic rings. The minimum absolute atomic E-state index is 0.0410. The van der Waals surface area contributed by atoms with Gasteiger partial charge in [0.1, 0.15) is 0 Å². The summed E-state index contributed by atoms with van der Waals surface area (Å²) in [5, 5.41) is 0. The van der Waals surface area contributed by atoms with Gasteiger partial charge < -0.3 is 0 Å². The molecule has 0 spiro atoms. The number of alkyl halides is 4. The van der Waals surface area contributed by atoms with Crippen LogP contribution in [0.1, 0.15) is 25.7 Å². The van der Waals surface area contributed by atoms with Crippen LogP contribution in [0, 0.1) is 5.92 Å². The van der Waals surface area contributed by atoms with Crippen LogP contribution in [-0.4, -0.2) is 38.1 Å². The SMILES string of the molecule is O=C1CCC(CS(=O)(=O)CCC(F)(F)F)CC1F. The number of hydrogen-bond donors (Lipinski definition) is 0. The summed E-state index contributed by atoms with van der Waals surface area (Å²) < 4.78 is 71.6. The molecule has 0 N–H and O–H groups in total. The second-order valence-electron chi connectivity index (χ2n) is 4.55. The Morgan fingerprint density at radius 3 is 2.39 bits per heavy atom. The molecule has 0 bridgehead atoms. The molecule has 1 aliphatic carbocycles. The van der Waals surface area contributed by atoms with E-state index in [9.17, 15) is 30.8 Å². The highest BCUT2D eigenvalue weighted by Gasteiger charge is 2.34. The molecule has 0 radical (unpaired) electrons. The summed E-state index contributed by atoms with van der Waals surface area (Å²) in [5.41, 5.74) is 0. The lowest BCUT2D eigenvalue weighted by Crippen LogP contribution is -2.31. The van der Waals surface area contributed by atoms with E-state index in [1.54, 1.807) is 0 Å². The normalized spacial score (nSPS) is 26.3. The molecular formula is C10H14F4O3S. The lowest BCUT2D eigenvalue weighted by atomic mass is 9.88. The predicted molar refractivity (Wildman–Crippen MR) is 56.6 cm³/mol. The van der Waals surface area contributed by atoms with Gasteiger partial charge >= 0.3 is 6.18 Å². The quantitative estimate of drug-likeness (QED) is 0.745. The maximum absolute atomic E-state index is 13.1. The molecule has 0 aromatic carbocycles. The van der Waals surface area contributed by atoms with Gasteiger partial charge in [-0.25, -0.2) is 12.8 Å². The third-order valence-electron chi connectivity index (χ3n) is 2.87. The summed E-state index contributed by atoms with van der Waals surface area (Å²) in [6.45, 7) is 0. The van der Waals surface area contributed by atoms with Crippen molar-refractivity contribution in [3.63, 3.8) is 0 Å². The first-order valence-electron chi connectivity index (χ1n) is 5.53. The highest BCUT2D eigenvalue weighted by Crippen LogP contribution is 2.27. The minimum Gasteiger partial charge on any atom is -0.296 e. The van der Waals surface area contributed by atoms with Crippen molar-refractivity contribution >= 4 is 15.6 Å². The molecule has 0 aliphatic heterocycles. The molecule has 1 fully saturated rings. The Morgan fingerprint density at radius 2 is 1.89 bits per heavy atom. The Morgan fingerprint density at radius 1 is 1.28 bits per heavy atom. The van der Waals surface area contributed by atoms with Crippen molar-refractivity contribution in [3.8, 4) is 0 Å². The minimum atomic E-state index is -4.52. The van der Waals surface area contributed by atoms with Crippen LogP contribution in [0.4, 0.5) is 17.6 Å². The molecule has 0 amide bonds. The summed E-state index contributed by atoms with van der Waals surface area (Å²) in [4.78, 5) is 10.9. The van der Waals surface area contributed by atoms with E-state index < -0.39 is 51.8 Å². The number of halogens is 4. The first-order valence-corrected chi connectivity index (χ1v) is 7.35. The summed E-state index contributed by atoms with van der Waals surface area (Å²) in [6, 6.07) is 0. The smallest absolute Gasteiger partial charge is 0.296 e. The van der Waals surface area contributed by atoms with Gasteiger partial charge in [-0.15, -0.1) is 0 Å². The molecule has 0 aromatic heterocycles. The Labute approximate surface area is 102 Å². The van der Waals surface area contributed by atoms with Crippen molar-refractivity contribution in [2.45, 2.75) is 38.0 Å². The van der Waals surface area contributed by atoms with E-state index in [1.165, 1.54) is 0 Å². The van der Waals surface area contributed by atoms with Gasteiger partial charge in [0, 0.05) is 6.42 Å². The van der Waals surface area contributed by atoms with E-state index in [4.69, 9.17) is 0 Å². The monoisotopic (exact) mass is 290 g/mol. The fourth-order valence-electron chi connectivity index (χ4n) is 1.91. The summed E-state index contributed by atoms with van der Waals surface area (Å²) in [6.07, 6.45) is -7.60. The summed E-state index contributed by atoms with van der Waals surface area (Å²) >= 11 is 0. The predicted octanol–water partition coefficient (Wildman–Crippen LogP) is 2.06. The van der Waals surface area contributed by atoms with Gasteiger partial charge in [0.05, 0.1) is 17.9 Å². The third kappa shape index (κ3) is 5.32. The number of carbonyl (C=O) groups excluding carboxylic acids is 1. The van der Waals surface area contributed by atoms with Crippen LogP contribution in [0.25, 0.3) is 0 Å². The zero-order valence-electron chi connectivity index (χ0n) is 9.54. The van der Waals surface area contributed by atoms with Crippen molar-refractivity contribution in [1.29, 1.82) is 0 Å². The number of carbonyl (C=O) groups is 1. The number of ketones is 1. The summed E-state index contributed by atoms with van der Waals surface area (Å²) in [5.74, 6) is -2.57. The topological polar surface area (TPSA) is 51.2 Å². The van der Waals surface area contributed by atoms with E-state index in [-0.39, 0.29) is 19.3 Å². The van der Waals surface area contributed by atoms with E-state index in [0.29, 0.717) is 0 Å². The lowest BCUT2D eigenvalue weighted by molar-refractivity contribution is -0.130. The van der Waals surface area contributed by atoms with E-state index in [1.807, 2.05) is 0 Å². The van der Waals surface area contributed by atoms with Crippen molar-refractivity contribution in [2.24, 2.45) is 5.92 Å². The molecule has 0 heterocycles. The molecule has 106 valence electrons. The van der Waals surface area contributed by atoms with Gasteiger partial charge in [-0.3, -0.25) is 4.79 Å². The molecule has 1 rings (SSSR count). The Kier molecular flexibility index (Phi) is 4.74. The molecule has 1 saturated carbocycles. The second-order valence-corrected chi connectivity index (χ2v) is 6.78. The molecule has 2 unspecified atom stereocenters. The van der Waals surface area contributed by atoms with E-state index >= 15 is 0 Å². The zero-order chi connectivity index (χ0) is 14.0. The van der Waals surface area contributed by atoms with Gasteiger partial charge in [0.2, 0.25) is 0 Å². The molecule has 0 aromatic rings. The largest absolute Gasteiger partial charge is 0.390 e. The first-order chi connectivity index (χ1) is 8.09. The van der Waals surface area contributed by atoms with Crippen molar-refractivity contribution in [1.82, 2.24) is 0 Å². The molecular weight excluding hydrogens is 276 g/mol. The number of hydrogen-bond acceptors (Lipinski definition) is 3. The van der Waals surface area contributed by atoms with Gasteiger partial charge in [-0.1, -0.05) is 0 Å². The Balaban J connectivity index is 2.48. The van der Waals surface area contributed by atoms with E-state index in [0.717, 1.165) is 0 Å². The third-order valence-corrected chi connectivity index (χ3v) is 4.68. The molecule has 8 heteroatoms. The van der Waals surface area contributed by atoms with Gasteiger partial charge in [0.15, 0.2) is 21.8 Å². The van der Waals surface area contributed by atoms with Crippen LogP contribution in [0.2, 0.25) is 0 Å². The average Bonchev–Trinajstić information content (AvgIpc) is 2.20. The zero-order valence-corrected chi connectivity index (χ0v) is 10.4. The average molecular weight is 290 g/mol. The standard InChI is InChI=1S/C10H14F4O3S/c11-8-5-7(1-2-9(8)15)6-18(16,17)4-3-10(12,13)14/h7-8H,1-6H2. The maximum atomic E-state index is 13.1. The van der Waals surface area contributed by atoms with Crippen molar-refractivity contribution < 1.29 is 30.8 Å². The maximum Gasteiger partial charge on any atom is 0.390 e. The van der Waals surface area contributed by atoms with Crippen molar-refractivity contribution in [3.05, 3.63) is 0 Å². The molecule has 3 nitrogen and oxygen atoms in total. The highest BCUT2D eigenvalue weighted by molar-refractivity contribution is 7.91. The fourth-order valence-corrected chi connectivity index (χ4v) is 3.64. The van der Waals surface area contributed by atoms with Crippen LogP contribution in [0.3, 0.4) is 0 Å². The van der Waals surface area contributed by atoms with E-state index in [2.05, 4.69) is 0 Å². The van der Waals surface area contributed by atoms with Gasteiger partial charge in [0.25, 0.3) is 0 Å². The highest BCUT2D eigenvalue weighted by atomic mass is 32.2. The Bertz CT molecular complexity index is 402. The van der Waals surface area contributed by atoms with Crippen LogP contribution in [0.5, 0.6) is 0 Å². The second kappa shape index (κ2) is 5.54. The fraction of sp³-hybridized carbons (Fsp3) is 0.900. The number of Topliss-reactive ketones (excluding diaryl/α,β-unsaturated/α-hetero) is 1. The summed E-state index contributed by atoms with van der Waals surface area (Å²) in [7, 11) is -3.85. The molecule has 0 saturated heterocycles. The van der Waals surface area contributed by atoms with Gasteiger partial charge in [-0.05, 0) is 18.8 Å². The van der Waals surface area contributed by atoms with Crippen molar-refractivity contribution in [2.75, 3.05) is 11.5 Å². The van der Waals surface area contributed by atoms with Gasteiger partial charge in [-0.2, -0.15) is 13.2 Å².